The van der Waals surface area contributed by atoms with Gasteiger partial charge in [0.15, 0.2) is 0 Å². The highest BCUT2D eigenvalue weighted by molar-refractivity contribution is 5.82. The second-order valence-corrected chi connectivity index (χ2v) is 4.61. The molecule has 0 spiro atoms. The molecule has 5 nitrogen and oxygen atoms in total. The largest absolute Gasteiger partial charge is 0.393 e. The Morgan fingerprint density at radius 3 is 2.69 bits per heavy atom. The van der Waals surface area contributed by atoms with Crippen molar-refractivity contribution >= 4 is 5.91 Å². The molecule has 5 heteroatoms. The first kappa shape index (κ1) is 11.8. The third-order valence-electron chi connectivity index (χ3n) is 3.50. The van der Waals surface area contributed by atoms with E-state index >= 15 is 0 Å². The van der Waals surface area contributed by atoms with Gasteiger partial charge in [-0.15, -0.1) is 0 Å². The second kappa shape index (κ2) is 5.12. The molecule has 2 rings (SSSR count). The van der Waals surface area contributed by atoms with Gasteiger partial charge in [-0.05, 0) is 19.3 Å². The number of carbonyl (C=O) groups is 1. The summed E-state index contributed by atoms with van der Waals surface area (Å²) in [4.78, 5) is 13.9. The van der Waals surface area contributed by atoms with Crippen LogP contribution in [0.3, 0.4) is 0 Å². The van der Waals surface area contributed by atoms with Crippen LogP contribution in [0, 0.1) is 0 Å². The summed E-state index contributed by atoms with van der Waals surface area (Å²) >= 11 is 0. The lowest BCUT2D eigenvalue weighted by molar-refractivity contribution is -0.135. The summed E-state index contributed by atoms with van der Waals surface area (Å²) in [7, 11) is 1.68. The second-order valence-electron chi connectivity index (χ2n) is 4.61. The number of aliphatic hydroxyl groups excluding tert-OH is 1. The topological polar surface area (TPSA) is 61.8 Å². The van der Waals surface area contributed by atoms with Crippen molar-refractivity contribution in [3.05, 3.63) is 0 Å². The van der Waals surface area contributed by atoms with Crippen molar-refractivity contribution in [2.75, 3.05) is 26.7 Å². The summed E-state index contributed by atoms with van der Waals surface area (Å²) in [5.74, 6) is 0.159. The molecule has 2 N–H and O–H groups in total. The quantitative estimate of drug-likeness (QED) is 0.659. The van der Waals surface area contributed by atoms with E-state index in [4.69, 9.17) is 4.74 Å². The van der Waals surface area contributed by atoms with Gasteiger partial charge in [0, 0.05) is 26.7 Å². The SMILES string of the molecule is COC1CNC(C(=O)N2CCC(O)CC2)C1. The van der Waals surface area contributed by atoms with E-state index in [1.165, 1.54) is 0 Å². The van der Waals surface area contributed by atoms with Crippen LogP contribution in [0.2, 0.25) is 0 Å². The Hall–Kier alpha value is -0.650. The summed E-state index contributed by atoms with van der Waals surface area (Å²) < 4.78 is 5.22. The van der Waals surface area contributed by atoms with Gasteiger partial charge in [0.25, 0.3) is 0 Å². The molecule has 0 aromatic rings. The van der Waals surface area contributed by atoms with Crippen molar-refractivity contribution in [2.24, 2.45) is 0 Å². The number of amides is 1. The fourth-order valence-corrected chi connectivity index (χ4v) is 2.38. The van der Waals surface area contributed by atoms with E-state index < -0.39 is 0 Å². The zero-order valence-corrected chi connectivity index (χ0v) is 9.69. The van der Waals surface area contributed by atoms with Crippen molar-refractivity contribution in [3.8, 4) is 0 Å². The predicted molar refractivity (Wildman–Crippen MR) is 59.0 cm³/mol. The van der Waals surface area contributed by atoms with Crippen molar-refractivity contribution in [3.63, 3.8) is 0 Å². The zero-order chi connectivity index (χ0) is 11.5. The standard InChI is InChI=1S/C11H20N2O3/c1-16-9-6-10(12-7-9)11(15)13-4-2-8(14)3-5-13/h8-10,12,14H,2-7H2,1H3. The first-order valence-electron chi connectivity index (χ1n) is 5.93. The third-order valence-corrected chi connectivity index (χ3v) is 3.50. The van der Waals surface area contributed by atoms with Crippen LogP contribution in [-0.2, 0) is 9.53 Å². The van der Waals surface area contributed by atoms with Crippen molar-refractivity contribution < 1.29 is 14.6 Å². The highest BCUT2D eigenvalue weighted by Gasteiger charge is 2.33. The number of hydrogen-bond donors (Lipinski definition) is 2. The molecule has 0 aromatic carbocycles. The molecular formula is C11H20N2O3. The van der Waals surface area contributed by atoms with Crippen LogP contribution in [0.15, 0.2) is 0 Å². The first-order chi connectivity index (χ1) is 7.70. The number of piperidine rings is 1. The van der Waals surface area contributed by atoms with Crippen molar-refractivity contribution in [2.45, 2.75) is 37.5 Å². The van der Waals surface area contributed by atoms with Gasteiger partial charge >= 0.3 is 0 Å². The number of carbonyl (C=O) groups excluding carboxylic acids is 1. The molecule has 0 bridgehead atoms. The molecule has 2 atom stereocenters. The Kier molecular flexibility index (Phi) is 3.78. The van der Waals surface area contributed by atoms with Crippen LogP contribution < -0.4 is 5.32 Å². The highest BCUT2D eigenvalue weighted by Crippen LogP contribution is 2.16. The number of methoxy groups -OCH3 is 1. The molecule has 2 saturated heterocycles. The van der Waals surface area contributed by atoms with Crippen LogP contribution in [0.1, 0.15) is 19.3 Å². The van der Waals surface area contributed by atoms with Gasteiger partial charge < -0.3 is 20.1 Å². The van der Waals surface area contributed by atoms with Crippen molar-refractivity contribution in [1.82, 2.24) is 10.2 Å². The molecule has 16 heavy (non-hydrogen) atoms. The van der Waals surface area contributed by atoms with Gasteiger partial charge in [-0.1, -0.05) is 0 Å². The molecule has 2 heterocycles. The Bertz CT molecular complexity index is 248. The number of nitrogens with one attached hydrogen (secondary N) is 1. The van der Waals surface area contributed by atoms with Gasteiger partial charge in [-0.25, -0.2) is 0 Å². The average molecular weight is 228 g/mol. The van der Waals surface area contributed by atoms with Crippen LogP contribution in [0.4, 0.5) is 0 Å². The van der Waals surface area contributed by atoms with E-state index in [-0.39, 0.29) is 24.2 Å². The molecule has 2 aliphatic rings. The fourth-order valence-electron chi connectivity index (χ4n) is 2.38. The Balaban J connectivity index is 1.83. The minimum absolute atomic E-state index is 0.0970. The molecule has 0 saturated carbocycles. The molecule has 0 radical (unpaired) electrons. The lowest BCUT2D eigenvalue weighted by Gasteiger charge is -2.31. The van der Waals surface area contributed by atoms with Crippen LogP contribution in [0.25, 0.3) is 0 Å². The first-order valence-corrected chi connectivity index (χ1v) is 5.93. The van der Waals surface area contributed by atoms with E-state index in [0.29, 0.717) is 25.9 Å². The van der Waals surface area contributed by atoms with E-state index in [1.54, 1.807) is 7.11 Å². The molecule has 0 aliphatic carbocycles. The van der Waals surface area contributed by atoms with Gasteiger partial charge in [0.1, 0.15) is 0 Å². The zero-order valence-electron chi connectivity index (χ0n) is 9.69. The maximum atomic E-state index is 12.1. The number of rotatable bonds is 2. The number of nitrogens with zero attached hydrogens (tertiary/aromatic N) is 1. The minimum atomic E-state index is -0.229. The molecular weight excluding hydrogens is 208 g/mol. The maximum absolute atomic E-state index is 12.1. The Morgan fingerprint density at radius 1 is 1.44 bits per heavy atom. The van der Waals surface area contributed by atoms with Crippen LogP contribution >= 0.6 is 0 Å². The monoisotopic (exact) mass is 228 g/mol. The van der Waals surface area contributed by atoms with E-state index in [2.05, 4.69) is 5.32 Å². The smallest absolute Gasteiger partial charge is 0.239 e. The van der Waals surface area contributed by atoms with E-state index in [1.807, 2.05) is 4.90 Å². The molecule has 92 valence electrons. The lowest BCUT2D eigenvalue weighted by Crippen LogP contribution is -2.47. The van der Waals surface area contributed by atoms with Crippen LogP contribution in [0.5, 0.6) is 0 Å². The van der Waals surface area contributed by atoms with E-state index in [9.17, 15) is 9.90 Å². The summed E-state index contributed by atoms with van der Waals surface area (Å²) in [5.41, 5.74) is 0. The normalized spacial score (nSPS) is 32.0. The Morgan fingerprint density at radius 2 is 2.12 bits per heavy atom. The summed E-state index contributed by atoms with van der Waals surface area (Å²) in [6.45, 7) is 2.11. The minimum Gasteiger partial charge on any atom is -0.393 e. The number of aliphatic hydroxyl groups is 1. The maximum Gasteiger partial charge on any atom is 0.239 e. The molecule has 2 fully saturated rings. The third kappa shape index (κ3) is 2.53. The summed E-state index contributed by atoms with van der Waals surface area (Å²) in [6.07, 6.45) is 2.09. The summed E-state index contributed by atoms with van der Waals surface area (Å²) in [5, 5.41) is 12.6. The summed E-state index contributed by atoms with van der Waals surface area (Å²) in [6, 6.07) is -0.0970. The molecule has 1 amide bonds. The molecule has 0 aromatic heterocycles. The van der Waals surface area contributed by atoms with Gasteiger partial charge in [-0.3, -0.25) is 4.79 Å². The number of hydrogen-bond acceptors (Lipinski definition) is 4. The van der Waals surface area contributed by atoms with E-state index in [0.717, 1.165) is 13.0 Å². The number of ether oxygens (including phenoxy) is 1. The average Bonchev–Trinajstić information content (AvgIpc) is 2.77. The number of likely N-dealkylation sites (tertiary alicyclic amines) is 1. The molecule has 2 unspecified atom stereocenters. The fraction of sp³-hybridized carbons (Fsp3) is 0.909. The van der Waals surface area contributed by atoms with Gasteiger partial charge in [-0.2, -0.15) is 0 Å². The Labute approximate surface area is 95.8 Å². The predicted octanol–water partition coefficient (Wildman–Crippen LogP) is -0.653. The van der Waals surface area contributed by atoms with Crippen LogP contribution in [-0.4, -0.2) is 60.9 Å². The van der Waals surface area contributed by atoms with Gasteiger partial charge in [0.2, 0.25) is 5.91 Å². The van der Waals surface area contributed by atoms with Gasteiger partial charge in [0.05, 0.1) is 18.2 Å². The lowest BCUT2D eigenvalue weighted by atomic mass is 10.1. The highest BCUT2D eigenvalue weighted by atomic mass is 16.5. The van der Waals surface area contributed by atoms with Crippen molar-refractivity contribution in [1.29, 1.82) is 0 Å². The molecule has 2 aliphatic heterocycles.